The molecule has 0 aliphatic heterocycles. The zero-order chi connectivity index (χ0) is 12.6. The third-order valence-electron chi connectivity index (χ3n) is 2.33. The van der Waals surface area contributed by atoms with E-state index in [0.29, 0.717) is 13.2 Å². The maximum atomic E-state index is 5.56. The van der Waals surface area contributed by atoms with Gasteiger partial charge in [0.05, 0.1) is 6.61 Å². The first-order valence-electron chi connectivity index (χ1n) is 5.72. The molecule has 4 nitrogen and oxygen atoms in total. The minimum Gasteiger partial charge on any atom is -0.491 e. The van der Waals surface area contributed by atoms with Gasteiger partial charge in [0.25, 0.3) is 0 Å². The molecule has 0 amide bonds. The van der Waals surface area contributed by atoms with Crippen molar-refractivity contribution in [1.82, 2.24) is 4.98 Å². The van der Waals surface area contributed by atoms with Gasteiger partial charge in [-0.15, -0.1) is 11.3 Å². The summed E-state index contributed by atoms with van der Waals surface area (Å²) in [6.45, 7) is 1.91. The molecule has 1 N–H and O–H groups in total. The molecule has 0 unspecified atom stereocenters. The number of benzene rings is 1. The Morgan fingerprint density at radius 2 is 2.28 bits per heavy atom. The second-order valence-corrected chi connectivity index (χ2v) is 4.57. The van der Waals surface area contributed by atoms with Gasteiger partial charge in [0.2, 0.25) is 0 Å². The van der Waals surface area contributed by atoms with Gasteiger partial charge >= 0.3 is 0 Å². The van der Waals surface area contributed by atoms with Gasteiger partial charge in [0.15, 0.2) is 5.13 Å². The standard InChI is InChI=1S/C13H16N2O2S/c1-16-6-7-17-12-4-2-3-11(9-12)10-15-13-14-5-8-18-13/h2-5,8-9H,6-7,10H2,1H3,(H,14,15). The van der Waals surface area contributed by atoms with Crippen LogP contribution in [0.4, 0.5) is 5.13 Å². The van der Waals surface area contributed by atoms with E-state index in [1.54, 1.807) is 24.6 Å². The van der Waals surface area contributed by atoms with Crippen molar-refractivity contribution < 1.29 is 9.47 Å². The van der Waals surface area contributed by atoms with Gasteiger partial charge in [-0.1, -0.05) is 12.1 Å². The lowest BCUT2D eigenvalue weighted by molar-refractivity contribution is 0.146. The van der Waals surface area contributed by atoms with Crippen LogP contribution >= 0.6 is 11.3 Å². The molecule has 96 valence electrons. The predicted molar refractivity (Wildman–Crippen MR) is 73.3 cm³/mol. The number of thiazole rings is 1. The van der Waals surface area contributed by atoms with Crippen molar-refractivity contribution in [2.75, 3.05) is 25.6 Å². The zero-order valence-electron chi connectivity index (χ0n) is 10.3. The highest BCUT2D eigenvalue weighted by molar-refractivity contribution is 7.13. The number of nitrogens with zero attached hydrogens (tertiary/aromatic N) is 1. The van der Waals surface area contributed by atoms with Crippen LogP contribution in [-0.2, 0) is 11.3 Å². The van der Waals surface area contributed by atoms with Crippen LogP contribution in [0.25, 0.3) is 0 Å². The first kappa shape index (κ1) is 12.9. The fraction of sp³-hybridized carbons (Fsp3) is 0.308. The number of ether oxygens (including phenoxy) is 2. The number of rotatable bonds is 7. The highest BCUT2D eigenvalue weighted by Gasteiger charge is 1.98. The normalized spacial score (nSPS) is 10.3. The maximum Gasteiger partial charge on any atom is 0.182 e. The largest absolute Gasteiger partial charge is 0.491 e. The number of nitrogens with one attached hydrogen (secondary N) is 1. The van der Waals surface area contributed by atoms with Gasteiger partial charge in [0, 0.05) is 25.2 Å². The van der Waals surface area contributed by atoms with E-state index in [0.717, 1.165) is 17.4 Å². The van der Waals surface area contributed by atoms with Gasteiger partial charge < -0.3 is 14.8 Å². The molecule has 0 saturated heterocycles. The van der Waals surface area contributed by atoms with E-state index in [9.17, 15) is 0 Å². The molecule has 0 spiro atoms. The second kappa shape index (κ2) is 6.98. The van der Waals surface area contributed by atoms with Crippen LogP contribution in [0, 0.1) is 0 Å². The maximum absolute atomic E-state index is 5.56. The summed E-state index contributed by atoms with van der Waals surface area (Å²) < 4.78 is 10.5. The van der Waals surface area contributed by atoms with Crippen molar-refractivity contribution in [1.29, 1.82) is 0 Å². The lowest BCUT2D eigenvalue weighted by atomic mass is 10.2. The smallest absolute Gasteiger partial charge is 0.182 e. The molecule has 18 heavy (non-hydrogen) atoms. The lowest BCUT2D eigenvalue weighted by Crippen LogP contribution is -2.05. The summed E-state index contributed by atoms with van der Waals surface area (Å²) in [6.07, 6.45) is 1.79. The van der Waals surface area contributed by atoms with Crippen molar-refractivity contribution >= 4 is 16.5 Å². The minimum atomic E-state index is 0.569. The Morgan fingerprint density at radius 1 is 1.33 bits per heavy atom. The van der Waals surface area contributed by atoms with Crippen LogP contribution in [-0.4, -0.2) is 25.3 Å². The molecular weight excluding hydrogens is 248 g/mol. The van der Waals surface area contributed by atoms with Gasteiger partial charge in [0.1, 0.15) is 12.4 Å². The fourth-order valence-electron chi connectivity index (χ4n) is 1.48. The first-order chi connectivity index (χ1) is 8.88. The molecule has 5 heteroatoms. The quantitative estimate of drug-likeness (QED) is 0.781. The summed E-state index contributed by atoms with van der Waals surface area (Å²) in [7, 11) is 1.66. The summed E-state index contributed by atoms with van der Waals surface area (Å²) in [5.41, 5.74) is 1.17. The highest BCUT2D eigenvalue weighted by Crippen LogP contribution is 2.16. The number of hydrogen-bond donors (Lipinski definition) is 1. The summed E-state index contributed by atoms with van der Waals surface area (Å²) >= 11 is 1.59. The van der Waals surface area contributed by atoms with E-state index in [4.69, 9.17) is 9.47 Å². The molecule has 2 rings (SSSR count). The Bertz CT molecular complexity index is 460. The summed E-state index contributed by atoms with van der Waals surface area (Å²) in [4.78, 5) is 4.17. The third kappa shape index (κ3) is 4.01. The molecule has 1 aromatic carbocycles. The van der Waals surface area contributed by atoms with Crippen LogP contribution in [0.3, 0.4) is 0 Å². The molecule has 1 heterocycles. The Hall–Kier alpha value is -1.59. The van der Waals surface area contributed by atoms with Crippen LogP contribution < -0.4 is 10.1 Å². The van der Waals surface area contributed by atoms with Gasteiger partial charge in [-0.05, 0) is 17.7 Å². The van der Waals surface area contributed by atoms with E-state index in [2.05, 4.69) is 16.4 Å². The van der Waals surface area contributed by atoms with Crippen LogP contribution in [0.5, 0.6) is 5.75 Å². The molecule has 2 aromatic rings. The van der Waals surface area contributed by atoms with Gasteiger partial charge in [-0.25, -0.2) is 4.98 Å². The van der Waals surface area contributed by atoms with Crippen molar-refractivity contribution in [2.45, 2.75) is 6.54 Å². The summed E-state index contributed by atoms with van der Waals surface area (Å²) in [5, 5.41) is 6.14. The Labute approximate surface area is 111 Å². The highest BCUT2D eigenvalue weighted by atomic mass is 32.1. The number of aromatic nitrogens is 1. The van der Waals surface area contributed by atoms with E-state index < -0.39 is 0 Å². The third-order valence-corrected chi connectivity index (χ3v) is 3.06. The Kier molecular flexibility index (Phi) is 4.99. The summed E-state index contributed by atoms with van der Waals surface area (Å²) in [6, 6.07) is 8.02. The second-order valence-electron chi connectivity index (χ2n) is 3.68. The molecule has 0 atom stereocenters. The average molecular weight is 264 g/mol. The monoisotopic (exact) mass is 264 g/mol. The van der Waals surface area contributed by atoms with Crippen molar-refractivity contribution in [3.63, 3.8) is 0 Å². The number of anilines is 1. The van der Waals surface area contributed by atoms with E-state index in [-0.39, 0.29) is 0 Å². The van der Waals surface area contributed by atoms with Gasteiger partial charge in [-0.3, -0.25) is 0 Å². The Balaban J connectivity index is 1.86. The molecule has 0 bridgehead atoms. The van der Waals surface area contributed by atoms with Crippen LogP contribution in [0.1, 0.15) is 5.56 Å². The first-order valence-corrected chi connectivity index (χ1v) is 6.60. The van der Waals surface area contributed by atoms with Crippen molar-refractivity contribution in [3.8, 4) is 5.75 Å². The number of methoxy groups -OCH3 is 1. The molecule has 0 aliphatic rings. The van der Waals surface area contributed by atoms with Crippen LogP contribution in [0.15, 0.2) is 35.8 Å². The predicted octanol–water partition coefficient (Wildman–Crippen LogP) is 2.78. The van der Waals surface area contributed by atoms with Crippen LogP contribution in [0.2, 0.25) is 0 Å². The Morgan fingerprint density at radius 3 is 3.06 bits per heavy atom. The molecule has 0 aliphatic carbocycles. The summed E-state index contributed by atoms with van der Waals surface area (Å²) in [5.74, 6) is 0.866. The van der Waals surface area contributed by atoms with Crippen molar-refractivity contribution in [2.24, 2.45) is 0 Å². The van der Waals surface area contributed by atoms with E-state index in [1.807, 2.05) is 23.6 Å². The molecule has 0 saturated carbocycles. The molecule has 1 aromatic heterocycles. The van der Waals surface area contributed by atoms with E-state index >= 15 is 0 Å². The average Bonchev–Trinajstić information content (AvgIpc) is 2.90. The molecule has 0 fully saturated rings. The zero-order valence-corrected chi connectivity index (χ0v) is 11.1. The molecule has 0 radical (unpaired) electrons. The lowest BCUT2D eigenvalue weighted by Gasteiger charge is -2.08. The van der Waals surface area contributed by atoms with Crippen molar-refractivity contribution in [3.05, 3.63) is 41.4 Å². The van der Waals surface area contributed by atoms with E-state index in [1.165, 1.54) is 5.56 Å². The van der Waals surface area contributed by atoms with Gasteiger partial charge in [-0.2, -0.15) is 0 Å². The topological polar surface area (TPSA) is 43.4 Å². The fourth-order valence-corrected chi connectivity index (χ4v) is 2.00. The number of hydrogen-bond acceptors (Lipinski definition) is 5. The molecular formula is C13H16N2O2S. The SMILES string of the molecule is COCCOc1cccc(CNc2nccs2)c1. The minimum absolute atomic E-state index is 0.569.